The van der Waals surface area contributed by atoms with Crippen molar-refractivity contribution >= 4 is 35.4 Å². The summed E-state index contributed by atoms with van der Waals surface area (Å²) in [6, 6.07) is 6.53. The predicted molar refractivity (Wildman–Crippen MR) is 127 cm³/mol. The van der Waals surface area contributed by atoms with Crippen molar-refractivity contribution in [3.63, 3.8) is 0 Å². The first-order chi connectivity index (χ1) is 17.7. The van der Waals surface area contributed by atoms with Crippen LogP contribution >= 0.6 is 0 Å². The van der Waals surface area contributed by atoms with Gasteiger partial charge in [0.1, 0.15) is 17.6 Å². The minimum atomic E-state index is -0.864. The summed E-state index contributed by atoms with van der Waals surface area (Å²) in [4.78, 5) is 64.3. The molecule has 3 aliphatic heterocycles. The molecule has 2 N–H and O–H groups in total. The van der Waals surface area contributed by atoms with Crippen LogP contribution in [0.2, 0.25) is 0 Å². The van der Waals surface area contributed by atoms with E-state index in [4.69, 9.17) is 4.74 Å². The van der Waals surface area contributed by atoms with Crippen LogP contribution in [0.1, 0.15) is 57.5 Å². The van der Waals surface area contributed by atoms with Crippen LogP contribution in [0, 0.1) is 5.82 Å². The molecule has 3 heterocycles. The first-order valence-corrected chi connectivity index (χ1v) is 12.0. The highest BCUT2D eigenvalue weighted by atomic mass is 19.1. The molecule has 10 nitrogen and oxygen atoms in total. The molecule has 0 bridgehead atoms. The molecule has 2 aromatic rings. The molecule has 1 spiro atoms. The van der Waals surface area contributed by atoms with E-state index >= 15 is 0 Å². The number of hydrogen-bond acceptors (Lipinski definition) is 6. The summed E-state index contributed by atoms with van der Waals surface area (Å²) in [6.07, 6.45) is 1.27. The Bertz CT molecular complexity index is 1420. The third kappa shape index (κ3) is 3.73. The Balaban J connectivity index is 1.20. The Morgan fingerprint density at radius 3 is 2.65 bits per heavy atom. The summed E-state index contributed by atoms with van der Waals surface area (Å²) in [7, 11) is 1.37. The number of carbonyl (C=O) groups excluding carboxylic acids is 5. The summed E-state index contributed by atoms with van der Waals surface area (Å²) in [5.74, 6) is -2.25. The average Bonchev–Trinajstić information content (AvgIpc) is 3.58. The lowest BCUT2D eigenvalue weighted by Gasteiger charge is -2.29. The molecule has 1 unspecified atom stereocenters. The van der Waals surface area contributed by atoms with Gasteiger partial charge in [-0.3, -0.25) is 29.4 Å². The van der Waals surface area contributed by atoms with Crippen LogP contribution in [0.4, 0.5) is 14.9 Å². The maximum Gasteiger partial charge on any atom is 0.419 e. The van der Waals surface area contributed by atoms with Crippen molar-refractivity contribution in [2.75, 3.05) is 18.5 Å². The topological polar surface area (TPSA) is 125 Å². The Labute approximate surface area is 210 Å². The maximum atomic E-state index is 14.9. The van der Waals surface area contributed by atoms with Gasteiger partial charge in [-0.25, -0.2) is 9.18 Å². The summed E-state index contributed by atoms with van der Waals surface area (Å²) < 4.78 is 20.4. The van der Waals surface area contributed by atoms with E-state index in [0.717, 1.165) is 29.4 Å². The molecule has 6 rings (SSSR count). The Kier molecular flexibility index (Phi) is 5.08. The van der Waals surface area contributed by atoms with Gasteiger partial charge in [-0.2, -0.15) is 0 Å². The van der Waals surface area contributed by atoms with E-state index in [2.05, 4.69) is 10.6 Å². The van der Waals surface area contributed by atoms with Crippen LogP contribution in [0.3, 0.4) is 0 Å². The van der Waals surface area contributed by atoms with Crippen molar-refractivity contribution in [3.8, 4) is 5.75 Å². The number of imide groups is 1. The molecular formula is C26H23FN4O6. The third-order valence-electron chi connectivity index (χ3n) is 7.68. The molecule has 1 atom stereocenters. The molecule has 2 fully saturated rings. The summed E-state index contributed by atoms with van der Waals surface area (Å²) in [6.45, 7) is 0.682. The van der Waals surface area contributed by atoms with Crippen LogP contribution in [0.15, 0.2) is 30.3 Å². The quantitative estimate of drug-likeness (QED) is 0.614. The zero-order valence-electron chi connectivity index (χ0n) is 19.9. The van der Waals surface area contributed by atoms with Gasteiger partial charge in [0.05, 0.1) is 5.69 Å². The number of ether oxygens (including phenoxy) is 1. The highest BCUT2D eigenvalue weighted by Gasteiger charge is 2.49. The van der Waals surface area contributed by atoms with Crippen LogP contribution in [0.5, 0.6) is 5.75 Å². The van der Waals surface area contributed by atoms with Gasteiger partial charge in [0.25, 0.3) is 11.8 Å². The van der Waals surface area contributed by atoms with E-state index in [1.165, 1.54) is 24.1 Å². The molecular weight excluding hydrogens is 483 g/mol. The average molecular weight is 506 g/mol. The van der Waals surface area contributed by atoms with Crippen molar-refractivity contribution in [2.45, 2.75) is 43.7 Å². The molecule has 1 aliphatic carbocycles. The summed E-state index contributed by atoms with van der Waals surface area (Å²) >= 11 is 0. The second kappa shape index (κ2) is 8.12. The maximum absolute atomic E-state index is 14.9. The lowest BCUT2D eigenvalue weighted by atomic mass is 9.87. The van der Waals surface area contributed by atoms with Crippen LogP contribution in [-0.2, 0) is 21.5 Å². The molecule has 11 heteroatoms. The number of rotatable bonds is 3. The Morgan fingerprint density at radius 2 is 1.92 bits per heavy atom. The molecule has 0 aromatic heterocycles. The fourth-order valence-corrected chi connectivity index (χ4v) is 5.35. The first-order valence-electron chi connectivity index (χ1n) is 12.0. The SMILES string of the molecule is CN(C(=O)Oc1ccc2c(c1)C(=O)N(C1CCC(=O)NC1=O)C2)c1cc2c(cc1F)C(=O)NCC21CC1. The molecule has 4 aliphatic rings. The molecule has 1 saturated heterocycles. The fourth-order valence-electron chi connectivity index (χ4n) is 5.35. The van der Waals surface area contributed by atoms with E-state index in [0.29, 0.717) is 17.7 Å². The predicted octanol–water partition coefficient (Wildman–Crippen LogP) is 2.00. The smallest absolute Gasteiger partial charge is 0.410 e. The second-order valence-corrected chi connectivity index (χ2v) is 9.96. The van der Waals surface area contributed by atoms with Gasteiger partial charge in [0.2, 0.25) is 11.8 Å². The summed E-state index contributed by atoms with van der Waals surface area (Å²) in [5, 5.41) is 5.05. The van der Waals surface area contributed by atoms with Crippen molar-refractivity contribution < 1.29 is 33.1 Å². The number of piperidine rings is 1. The number of fused-ring (bicyclic) bond motifs is 3. The minimum Gasteiger partial charge on any atom is -0.410 e. The van der Waals surface area contributed by atoms with Gasteiger partial charge >= 0.3 is 6.09 Å². The highest BCUT2D eigenvalue weighted by Crippen LogP contribution is 2.51. The standard InChI is InChI=1S/C26H23FN4O6/c1-30(20-10-17-16(9-18(20)27)22(33)28-12-26(17)6-7-26)25(36)37-14-3-2-13-11-31(24(35)15(13)8-14)19-4-5-21(32)29-23(19)34/h2-3,8-10,19H,4-7,11-12H2,1H3,(H,28,33)(H,29,32,34). The van der Waals surface area contributed by atoms with Crippen molar-refractivity contribution in [3.05, 3.63) is 58.4 Å². The van der Waals surface area contributed by atoms with Crippen LogP contribution < -0.4 is 20.3 Å². The Hall–Kier alpha value is -4.28. The zero-order chi connectivity index (χ0) is 26.1. The lowest BCUT2D eigenvalue weighted by molar-refractivity contribution is -0.136. The molecule has 37 heavy (non-hydrogen) atoms. The second-order valence-electron chi connectivity index (χ2n) is 9.96. The van der Waals surface area contributed by atoms with E-state index in [-0.39, 0.29) is 53.6 Å². The van der Waals surface area contributed by atoms with Gasteiger partial charge in [0, 0.05) is 43.1 Å². The molecule has 1 saturated carbocycles. The van der Waals surface area contributed by atoms with E-state index in [1.54, 1.807) is 12.1 Å². The number of carbonyl (C=O) groups is 5. The fraction of sp³-hybridized carbons (Fsp3) is 0.346. The van der Waals surface area contributed by atoms with Gasteiger partial charge in [-0.1, -0.05) is 6.07 Å². The number of anilines is 1. The lowest BCUT2D eigenvalue weighted by Crippen LogP contribution is -2.52. The molecule has 5 amide bonds. The van der Waals surface area contributed by atoms with Gasteiger partial charge in [-0.15, -0.1) is 0 Å². The van der Waals surface area contributed by atoms with E-state index < -0.39 is 29.8 Å². The number of nitrogens with zero attached hydrogens (tertiary/aromatic N) is 2. The number of amides is 5. The number of nitrogens with one attached hydrogen (secondary N) is 2. The normalized spacial score (nSPS) is 21.2. The van der Waals surface area contributed by atoms with E-state index in [9.17, 15) is 28.4 Å². The molecule has 0 radical (unpaired) electrons. The largest absolute Gasteiger partial charge is 0.419 e. The van der Waals surface area contributed by atoms with Crippen molar-refractivity contribution in [1.82, 2.24) is 15.5 Å². The zero-order valence-corrected chi connectivity index (χ0v) is 19.9. The minimum absolute atomic E-state index is 0.00834. The summed E-state index contributed by atoms with van der Waals surface area (Å²) in [5.41, 5.74) is 1.74. The van der Waals surface area contributed by atoms with Crippen LogP contribution in [-0.4, -0.2) is 54.3 Å². The van der Waals surface area contributed by atoms with Crippen molar-refractivity contribution in [1.29, 1.82) is 0 Å². The van der Waals surface area contributed by atoms with Crippen molar-refractivity contribution in [2.24, 2.45) is 0 Å². The first kappa shape index (κ1) is 23.1. The molecule has 190 valence electrons. The highest BCUT2D eigenvalue weighted by molar-refractivity contribution is 6.05. The number of hydrogen-bond donors (Lipinski definition) is 2. The van der Waals surface area contributed by atoms with E-state index in [1.807, 2.05) is 0 Å². The van der Waals surface area contributed by atoms with Gasteiger partial charge in [0.15, 0.2) is 0 Å². The number of halogens is 1. The Morgan fingerprint density at radius 1 is 1.14 bits per heavy atom. The molecule has 2 aromatic carbocycles. The van der Waals surface area contributed by atoms with Gasteiger partial charge in [-0.05, 0) is 54.7 Å². The third-order valence-corrected chi connectivity index (χ3v) is 7.68. The van der Waals surface area contributed by atoms with Crippen LogP contribution in [0.25, 0.3) is 0 Å². The monoisotopic (exact) mass is 506 g/mol. The van der Waals surface area contributed by atoms with Gasteiger partial charge < -0.3 is 15.0 Å². The number of benzene rings is 2.